The normalized spacial score (nSPS) is 12.8. The van der Waals surface area contributed by atoms with Crippen LogP contribution in [0.3, 0.4) is 0 Å². The van der Waals surface area contributed by atoms with E-state index in [0.29, 0.717) is 6.42 Å². The molecule has 5 nitrogen and oxygen atoms in total. The SMILES string of the molecule is C[C@H](Cc1ccccc1)n1c(-c2ncccc2Cl)nc2ccnc(C(F)(F)F)c2c1=O. The van der Waals surface area contributed by atoms with Gasteiger partial charge in [0.2, 0.25) is 0 Å². The van der Waals surface area contributed by atoms with E-state index in [0.717, 1.165) is 11.8 Å². The van der Waals surface area contributed by atoms with Crippen molar-refractivity contribution in [3.8, 4) is 11.5 Å². The minimum atomic E-state index is -4.80. The number of nitrogens with zero attached hydrogens (tertiary/aromatic N) is 4. The Morgan fingerprint density at radius 3 is 2.45 bits per heavy atom. The fraction of sp³-hybridized carbons (Fsp3) is 0.182. The van der Waals surface area contributed by atoms with Crippen LogP contribution in [-0.2, 0) is 12.6 Å². The van der Waals surface area contributed by atoms with Gasteiger partial charge in [0.25, 0.3) is 5.56 Å². The average molecular weight is 445 g/mol. The van der Waals surface area contributed by atoms with Crippen LogP contribution in [0.1, 0.15) is 24.2 Å². The number of hydrogen-bond acceptors (Lipinski definition) is 4. The molecule has 0 N–H and O–H groups in total. The van der Waals surface area contributed by atoms with Gasteiger partial charge in [0, 0.05) is 18.4 Å². The Balaban J connectivity index is 2.03. The fourth-order valence-electron chi connectivity index (χ4n) is 3.53. The van der Waals surface area contributed by atoms with Crippen LogP contribution in [0, 0.1) is 0 Å². The van der Waals surface area contributed by atoms with Crippen LogP contribution in [0.25, 0.3) is 22.4 Å². The topological polar surface area (TPSA) is 60.7 Å². The van der Waals surface area contributed by atoms with Crippen molar-refractivity contribution < 1.29 is 13.2 Å². The zero-order chi connectivity index (χ0) is 22.2. The minimum absolute atomic E-state index is 0.103. The first-order valence-corrected chi connectivity index (χ1v) is 9.78. The molecule has 0 aliphatic rings. The largest absolute Gasteiger partial charge is 0.434 e. The molecule has 0 radical (unpaired) electrons. The van der Waals surface area contributed by atoms with Gasteiger partial charge in [-0.05, 0) is 37.1 Å². The number of halogens is 4. The number of fused-ring (bicyclic) bond motifs is 1. The highest BCUT2D eigenvalue weighted by Crippen LogP contribution is 2.33. The van der Waals surface area contributed by atoms with Crippen LogP contribution < -0.4 is 5.56 Å². The van der Waals surface area contributed by atoms with Gasteiger partial charge in [-0.25, -0.2) is 4.98 Å². The van der Waals surface area contributed by atoms with Crippen LogP contribution in [0.2, 0.25) is 5.02 Å². The highest BCUT2D eigenvalue weighted by atomic mass is 35.5. The molecule has 158 valence electrons. The molecule has 0 saturated carbocycles. The number of aromatic nitrogens is 4. The maximum absolute atomic E-state index is 13.6. The summed E-state index contributed by atoms with van der Waals surface area (Å²) >= 11 is 6.29. The predicted molar refractivity (Wildman–Crippen MR) is 112 cm³/mol. The van der Waals surface area contributed by atoms with Gasteiger partial charge in [-0.1, -0.05) is 41.9 Å². The maximum Gasteiger partial charge on any atom is 0.434 e. The van der Waals surface area contributed by atoms with Gasteiger partial charge >= 0.3 is 6.18 Å². The van der Waals surface area contributed by atoms with E-state index in [2.05, 4.69) is 15.0 Å². The van der Waals surface area contributed by atoms with Crippen LogP contribution in [0.4, 0.5) is 13.2 Å². The third-order valence-corrected chi connectivity index (χ3v) is 5.17. The van der Waals surface area contributed by atoms with E-state index >= 15 is 0 Å². The van der Waals surface area contributed by atoms with Crippen LogP contribution in [-0.4, -0.2) is 19.5 Å². The smallest absolute Gasteiger partial charge is 0.288 e. The fourth-order valence-corrected chi connectivity index (χ4v) is 3.73. The highest BCUT2D eigenvalue weighted by molar-refractivity contribution is 6.32. The molecule has 3 heterocycles. The summed E-state index contributed by atoms with van der Waals surface area (Å²) < 4.78 is 42.0. The number of rotatable bonds is 4. The van der Waals surface area contributed by atoms with E-state index in [1.807, 2.05) is 30.3 Å². The standard InChI is InChI=1S/C22H16ClF3N4O/c1-13(12-14-6-3-2-4-7-14)30-20(18-15(23)8-5-10-27-18)29-16-9-11-28-19(22(24,25)26)17(16)21(30)31/h2-11,13H,12H2,1H3/t13-/m1/s1. The first-order chi connectivity index (χ1) is 14.8. The molecule has 0 fully saturated rings. The molecule has 0 aliphatic heterocycles. The number of pyridine rings is 2. The van der Waals surface area contributed by atoms with Crippen molar-refractivity contribution in [2.45, 2.75) is 25.6 Å². The van der Waals surface area contributed by atoms with Crippen molar-refractivity contribution in [3.63, 3.8) is 0 Å². The summed E-state index contributed by atoms with van der Waals surface area (Å²) in [6, 6.07) is 13.3. The van der Waals surface area contributed by atoms with Gasteiger partial charge in [0.15, 0.2) is 11.5 Å². The van der Waals surface area contributed by atoms with E-state index < -0.39 is 28.9 Å². The number of benzene rings is 1. The van der Waals surface area contributed by atoms with E-state index in [1.165, 1.54) is 16.8 Å². The van der Waals surface area contributed by atoms with E-state index in [-0.39, 0.29) is 22.1 Å². The van der Waals surface area contributed by atoms with Gasteiger partial charge in [0.1, 0.15) is 5.69 Å². The van der Waals surface area contributed by atoms with Gasteiger partial charge < -0.3 is 0 Å². The first kappa shape index (κ1) is 21.0. The van der Waals surface area contributed by atoms with Crippen LogP contribution in [0.5, 0.6) is 0 Å². The monoisotopic (exact) mass is 444 g/mol. The quantitative estimate of drug-likeness (QED) is 0.427. The number of alkyl halides is 3. The molecule has 3 aromatic heterocycles. The third kappa shape index (κ3) is 4.03. The second kappa shape index (κ2) is 8.11. The van der Waals surface area contributed by atoms with Crippen molar-refractivity contribution in [1.82, 2.24) is 19.5 Å². The molecular formula is C22H16ClF3N4O. The summed E-state index contributed by atoms with van der Waals surface area (Å²) in [5.41, 5.74) is -1.09. The van der Waals surface area contributed by atoms with Crippen molar-refractivity contribution in [1.29, 1.82) is 0 Å². The molecule has 4 aromatic rings. The Morgan fingerprint density at radius 2 is 1.77 bits per heavy atom. The zero-order valence-corrected chi connectivity index (χ0v) is 17.0. The average Bonchev–Trinajstić information content (AvgIpc) is 2.73. The molecule has 4 rings (SSSR count). The molecular weight excluding hydrogens is 429 g/mol. The number of hydrogen-bond donors (Lipinski definition) is 0. The van der Waals surface area contributed by atoms with E-state index in [4.69, 9.17) is 11.6 Å². The van der Waals surface area contributed by atoms with Gasteiger partial charge in [0.05, 0.1) is 15.9 Å². The lowest BCUT2D eigenvalue weighted by Crippen LogP contribution is -2.29. The van der Waals surface area contributed by atoms with E-state index in [9.17, 15) is 18.0 Å². The molecule has 1 atom stereocenters. The molecule has 0 spiro atoms. The Bertz CT molecular complexity index is 1310. The first-order valence-electron chi connectivity index (χ1n) is 9.40. The lowest BCUT2D eigenvalue weighted by molar-refractivity contribution is -0.139. The zero-order valence-electron chi connectivity index (χ0n) is 16.3. The molecule has 31 heavy (non-hydrogen) atoms. The molecule has 0 aliphatic carbocycles. The Kier molecular flexibility index (Phi) is 5.49. The minimum Gasteiger partial charge on any atom is -0.288 e. The Morgan fingerprint density at radius 1 is 1.03 bits per heavy atom. The molecule has 0 amide bonds. The summed E-state index contributed by atoms with van der Waals surface area (Å²) in [5, 5.41) is -0.342. The van der Waals surface area contributed by atoms with Gasteiger partial charge in [-0.3, -0.25) is 19.3 Å². The molecule has 0 unspecified atom stereocenters. The second-order valence-corrected chi connectivity index (χ2v) is 7.44. The third-order valence-electron chi connectivity index (χ3n) is 4.87. The highest BCUT2D eigenvalue weighted by Gasteiger charge is 2.37. The molecule has 1 aromatic carbocycles. The molecule has 9 heteroatoms. The Labute approximate surface area is 180 Å². The van der Waals surface area contributed by atoms with Crippen molar-refractivity contribution in [2.75, 3.05) is 0 Å². The van der Waals surface area contributed by atoms with Crippen molar-refractivity contribution in [2.24, 2.45) is 0 Å². The molecule has 0 bridgehead atoms. The van der Waals surface area contributed by atoms with Crippen LogP contribution >= 0.6 is 11.6 Å². The van der Waals surface area contributed by atoms with E-state index in [1.54, 1.807) is 19.1 Å². The summed E-state index contributed by atoms with van der Waals surface area (Å²) in [4.78, 5) is 25.5. The lowest BCUT2D eigenvalue weighted by Gasteiger charge is -2.21. The summed E-state index contributed by atoms with van der Waals surface area (Å²) in [7, 11) is 0. The maximum atomic E-state index is 13.6. The van der Waals surface area contributed by atoms with Crippen LogP contribution in [0.15, 0.2) is 65.7 Å². The summed E-state index contributed by atoms with van der Waals surface area (Å²) in [6.45, 7) is 1.74. The van der Waals surface area contributed by atoms with Gasteiger partial charge in [-0.2, -0.15) is 13.2 Å². The van der Waals surface area contributed by atoms with Crippen molar-refractivity contribution >= 4 is 22.5 Å². The second-order valence-electron chi connectivity index (χ2n) is 7.03. The molecule has 0 saturated heterocycles. The lowest BCUT2D eigenvalue weighted by atomic mass is 10.1. The Hall–Kier alpha value is -3.26. The summed E-state index contributed by atoms with van der Waals surface area (Å²) in [5.74, 6) is 0.103. The summed E-state index contributed by atoms with van der Waals surface area (Å²) in [6.07, 6.45) is -1.94. The predicted octanol–water partition coefficient (Wildman–Crippen LogP) is 5.33. The van der Waals surface area contributed by atoms with Gasteiger partial charge in [-0.15, -0.1) is 0 Å². The van der Waals surface area contributed by atoms with Crippen molar-refractivity contribution in [3.05, 3.63) is 87.6 Å².